The van der Waals surface area contributed by atoms with E-state index < -0.39 is 10.8 Å². The lowest BCUT2D eigenvalue weighted by molar-refractivity contribution is 0.0518. The second kappa shape index (κ2) is 14.9. The molecule has 0 aliphatic carbocycles. The van der Waals surface area contributed by atoms with Gasteiger partial charge in [-0.25, -0.2) is 9.59 Å². The highest BCUT2D eigenvalue weighted by Crippen LogP contribution is 2.43. The van der Waals surface area contributed by atoms with Crippen LogP contribution in [0.5, 0.6) is 0 Å². The standard InChI is InChI=1S/C48H54N4O4/c1-11-31-41(45(53)55-13-3)33-23-37-48(9,10)26-36(50-37)40(30-21-17-28(6)18-22-30)44-32(12-2)42(46(54)56-14-4)34(52-44)24-38-47(7,8)25-35(49-38)39(43(31)51-33)29-19-15-27(5)16-20-29/h15-24,51-52H,11-14,25-26H2,1-10H3. The number of hydrogen-bond donors (Lipinski definition) is 2. The van der Waals surface area contributed by atoms with Crippen molar-refractivity contribution in [1.82, 2.24) is 19.9 Å². The van der Waals surface area contributed by atoms with E-state index in [1.165, 1.54) is 0 Å². The fourth-order valence-corrected chi connectivity index (χ4v) is 8.40. The van der Waals surface area contributed by atoms with Crippen LogP contribution in [0.1, 0.15) is 121 Å². The molecule has 5 aromatic rings. The Balaban J connectivity index is 1.78. The summed E-state index contributed by atoms with van der Waals surface area (Å²) in [6, 6.07) is 21.1. The van der Waals surface area contributed by atoms with E-state index >= 15 is 0 Å². The van der Waals surface area contributed by atoms with Gasteiger partial charge in [-0.1, -0.05) is 101 Å². The Hall–Kier alpha value is -5.50. The predicted molar refractivity (Wildman–Crippen MR) is 225 cm³/mol. The number of aromatic amines is 2. The minimum atomic E-state index is -0.396. The maximum atomic E-state index is 14.0. The number of rotatable bonds is 8. The summed E-state index contributed by atoms with van der Waals surface area (Å²) >= 11 is 0. The highest BCUT2D eigenvalue weighted by molar-refractivity contribution is 6.05. The van der Waals surface area contributed by atoms with Crippen molar-refractivity contribution in [3.05, 3.63) is 117 Å². The minimum absolute atomic E-state index is 0.260. The number of hydrogen-bond acceptors (Lipinski definition) is 6. The molecule has 0 unspecified atom stereocenters. The molecule has 0 spiro atoms. The first-order valence-electron chi connectivity index (χ1n) is 20.0. The molecule has 2 aliphatic heterocycles. The van der Waals surface area contributed by atoms with Crippen LogP contribution >= 0.6 is 0 Å². The van der Waals surface area contributed by atoms with Gasteiger partial charge in [0, 0.05) is 46.2 Å². The molecule has 56 heavy (non-hydrogen) atoms. The van der Waals surface area contributed by atoms with Crippen molar-refractivity contribution in [2.24, 2.45) is 0 Å². The number of fused-ring (bicyclic) bond motifs is 8. The number of aromatic nitrogens is 4. The van der Waals surface area contributed by atoms with Crippen LogP contribution in [-0.4, -0.2) is 45.1 Å². The summed E-state index contributed by atoms with van der Waals surface area (Å²) in [4.78, 5) is 46.5. The number of nitrogens with one attached hydrogen (secondary N) is 2. The average molecular weight is 751 g/mol. The van der Waals surface area contributed by atoms with Crippen molar-refractivity contribution in [1.29, 1.82) is 0 Å². The average Bonchev–Trinajstić information content (AvgIpc) is 3.86. The Kier molecular flexibility index (Phi) is 10.3. The van der Waals surface area contributed by atoms with Crippen molar-refractivity contribution >= 4 is 34.0 Å². The molecule has 0 fully saturated rings. The van der Waals surface area contributed by atoms with E-state index in [9.17, 15) is 9.59 Å². The van der Waals surface area contributed by atoms with Gasteiger partial charge in [-0.15, -0.1) is 0 Å². The fourth-order valence-electron chi connectivity index (χ4n) is 8.40. The smallest absolute Gasteiger partial charge is 0.340 e. The van der Waals surface area contributed by atoms with Crippen molar-refractivity contribution in [2.45, 2.75) is 106 Å². The van der Waals surface area contributed by atoms with Crippen LogP contribution in [0, 0.1) is 13.8 Å². The fraction of sp³-hybridized carbons (Fsp3) is 0.375. The van der Waals surface area contributed by atoms with E-state index in [1.54, 1.807) is 0 Å². The molecule has 8 nitrogen and oxygen atoms in total. The lowest BCUT2D eigenvalue weighted by Crippen LogP contribution is -2.15. The van der Waals surface area contributed by atoms with E-state index in [1.807, 2.05) is 26.0 Å². The van der Waals surface area contributed by atoms with Gasteiger partial charge in [-0.3, -0.25) is 9.97 Å². The normalized spacial score (nSPS) is 14.5. The number of esters is 2. The number of benzene rings is 2. The molecule has 0 atom stereocenters. The molecule has 2 aromatic carbocycles. The van der Waals surface area contributed by atoms with Gasteiger partial charge >= 0.3 is 11.9 Å². The quantitative estimate of drug-likeness (QED) is 0.153. The monoisotopic (exact) mass is 750 g/mol. The molecule has 8 heteroatoms. The van der Waals surface area contributed by atoms with E-state index in [4.69, 9.17) is 19.4 Å². The molecule has 3 aromatic heterocycles. The van der Waals surface area contributed by atoms with Crippen LogP contribution in [0.4, 0.5) is 0 Å². The molecule has 0 radical (unpaired) electrons. The molecule has 7 rings (SSSR count). The number of H-pyrrole nitrogens is 2. The largest absolute Gasteiger partial charge is 0.462 e. The molecule has 2 aliphatic rings. The number of ether oxygens (including phenoxy) is 2. The van der Waals surface area contributed by atoms with E-state index in [2.05, 4.69) is 114 Å². The Labute approximate surface area is 330 Å². The Morgan fingerprint density at radius 2 is 0.964 bits per heavy atom. The number of carbonyl (C=O) groups is 2. The van der Waals surface area contributed by atoms with Crippen LogP contribution in [0.2, 0.25) is 0 Å². The minimum Gasteiger partial charge on any atom is -0.462 e. The Bertz CT molecular complexity index is 2340. The van der Waals surface area contributed by atoms with Gasteiger partial charge < -0.3 is 19.4 Å². The number of nitrogens with zero attached hydrogens (tertiary/aromatic N) is 2. The van der Waals surface area contributed by atoms with Crippen molar-refractivity contribution < 1.29 is 19.1 Å². The summed E-state index contributed by atoms with van der Waals surface area (Å²) in [7, 11) is 0. The maximum Gasteiger partial charge on any atom is 0.340 e. The summed E-state index contributed by atoms with van der Waals surface area (Å²) in [5.74, 6) is -0.725. The summed E-state index contributed by atoms with van der Waals surface area (Å²) in [5.41, 5.74) is 14.8. The SMILES string of the molecule is CCOC(=O)c1c(CC)c2[nH]c1cc1nc(c(-c3ccc(C)cc3)c3[nH]c(cc4nc(c2-c2ccc(C)cc2)CC4(C)C)c(C(=O)OCC)c3CC)CC1(C)C. The molecule has 2 N–H and O–H groups in total. The van der Waals surface area contributed by atoms with Crippen LogP contribution in [0.15, 0.2) is 60.7 Å². The van der Waals surface area contributed by atoms with Gasteiger partial charge in [0.05, 0.1) is 57.8 Å². The predicted octanol–water partition coefficient (Wildman–Crippen LogP) is 10.8. The number of aryl methyl sites for hydroxylation is 4. The third-order valence-electron chi connectivity index (χ3n) is 11.4. The van der Waals surface area contributed by atoms with Gasteiger partial charge in [-0.05, 0) is 74.9 Å². The zero-order valence-corrected chi connectivity index (χ0v) is 34.5. The first-order chi connectivity index (χ1) is 26.7. The molecule has 0 amide bonds. The highest BCUT2D eigenvalue weighted by atomic mass is 16.5. The van der Waals surface area contributed by atoms with E-state index in [0.29, 0.717) is 47.8 Å². The van der Waals surface area contributed by atoms with Crippen LogP contribution in [0.3, 0.4) is 0 Å². The Morgan fingerprint density at radius 3 is 1.29 bits per heavy atom. The summed E-state index contributed by atoms with van der Waals surface area (Å²) in [5, 5.41) is 0. The summed E-state index contributed by atoms with van der Waals surface area (Å²) in [6.45, 7) is 21.3. The van der Waals surface area contributed by atoms with Gasteiger partial charge in [-0.2, -0.15) is 0 Å². The molecular formula is C48H54N4O4. The van der Waals surface area contributed by atoms with E-state index in [0.717, 1.165) is 78.3 Å². The molecule has 8 bridgehead atoms. The second-order valence-electron chi connectivity index (χ2n) is 16.5. The van der Waals surface area contributed by atoms with E-state index in [-0.39, 0.29) is 25.2 Å². The molecular weight excluding hydrogens is 697 g/mol. The summed E-state index contributed by atoms with van der Waals surface area (Å²) in [6.07, 6.45) is 2.46. The molecule has 0 saturated heterocycles. The Morgan fingerprint density at radius 1 is 0.607 bits per heavy atom. The lowest BCUT2D eigenvalue weighted by atomic mass is 9.85. The second-order valence-corrected chi connectivity index (χ2v) is 16.5. The third-order valence-corrected chi connectivity index (χ3v) is 11.4. The molecule has 290 valence electrons. The van der Waals surface area contributed by atoms with Crippen LogP contribution in [-0.2, 0) is 46.0 Å². The van der Waals surface area contributed by atoms with Crippen molar-refractivity contribution in [3.63, 3.8) is 0 Å². The zero-order valence-electron chi connectivity index (χ0n) is 34.5. The van der Waals surface area contributed by atoms with Crippen molar-refractivity contribution in [3.8, 4) is 22.3 Å². The van der Waals surface area contributed by atoms with Crippen LogP contribution in [0.25, 0.3) is 44.3 Å². The lowest BCUT2D eigenvalue weighted by Gasteiger charge is -2.17. The maximum absolute atomic E-state index is 14.0. The first kappa shape index (κ1) is 38.8. The molecule has 0 saturated carbocycles. The topological polar surface area (TPSA) is 110 Å². The number of carbonyl (C=O) groups excluding carboxylic acids is 2. The first-order valence-corrected chi connectivity index (χ1v) is 20.0. The van der Waals surface area contributed by atoms with Gasteiger partial charge in [0.2, 0.25) is 0 Å². The van der Waals surface area contributed by atoms with Gasteiger partial charge in [0.15, 0.2) is 0 Å². The summed E-state index contributed by atoms with van der Waals surface area (Å²) < 4.78 is 11.5. The third kappa shape index (κ3) is 6.84. The highest BCUT2D eigenvalue weighted by Gasteiger charge is 2.35. The van der Waals surface area contributed by atoms with Crippen LogP contribution < -0.4 is 0 Å². The van der Waals surface area contributed by atoms with Gasteiger partial charge in [0.1, 0.15) is 0 Å². The zero-order chi connectivity index (χ0) is 40.1. The molecule has 5 heterocycles. The van der Waals surface area contributed by atoms with Gasteiger partial charge in [0.25, 0.3) is 0 Å². The van der Waals surface area contributed by atoms with Crippen molar-refractivity contribution in [2.75, 3.05) is 13.2 Å².